The van der Waals surface area contributed by atoms with Gasteiger partial charge in [0.15, 0.2) is 0 Å². The Kier molecular flexibility index (Phi) is 7.80. The minimum Gasteiger partial charge on any atom is -0.496 e. The van der Waals surface area contributed by atoms with Gasteiger partial charge in [-0.05, 0) is 67.5 Å². The Morgan fingerprint density at radius 1 is 1.11 bits per heavy atom. The molecule has 0 aromatic heterocycles. The van der Waals surface area contributed by atoms with E-state index in [0.717, 1.165) is 24.4 Å². The summed E-state index contributed by atoms with van der Waals surface area (Å²) in [7, 11) is 1.61. The Morgan fingerprint density at radius 2 is 1.86 bits per heavy atom. The molecule has 5 heteroatoms. The molecular formula is C23H30N2O2S. The van der Waals surface area contributed by atoms with E-state index in [-0.39, 0.29) is 5.91 Å². The third-order valence-electron chi connectivity index (χ3n) is 5.16. The molecule has 1 saturated heterocycles. The first-order valence-electron chi connectivity index (χ1n) is 10.1. The maximum Gasteiger partial charge on any atom is 0.255 e. The largest absolute Gasteiger partial charge is 0.496 e. The molecule has 0 saturated carbocycles. The maximum atomic E-state index is 12.8. The van der Waals surface area contributed by atoms with Crippen LogP contribution in [0.2, 0.25) is 0 Å². The molecule has 1 heterocycles. The second-order valence-electron chi connectivity index (χ2n) is 7.23. The van der Waals surface area contributed by atoms with Crippen molar-refractivity contribution in [3.63, 3.8) is 0 Å². The molecule has 28 heavy (non-hydrogen) atoms. The van der Waals surface area contributed by atoms with Gasteiger partial charge in [-0.15, -0.1) is 0 Å². The molecule has 1 fully saturated rings. The van der Waals surface area contributed by atoms with Crippen LogP contribution in [0.4, 0.5) is 0 Å². The van der Waals surface area contributed by atoms with Crippen molar-refractivity contribution >= 4 is 17.9 Å². The van der Waals surface area contributed by atoms with E-state index in [4.69, 9.17) is 4.74 Å². The average molecular weight is 399 g/mol. The number of carbonyl (C=O) groups is 1. The average Bonchev–Trinajstić information content (AvgIpc) is 2.98. The van der Waals surface area contributed by atoms with Crippen LogP contribution < -0.4 is 10.1 Å². The van der Waals surface area contributed by atoms with E-state index in [1.54, 1.807) is 19.1 Å². The molecule has 2 aromatic rings. The van der Waals surface area contributed by atoms with Crippen molar-refractivity contribution in [2.75, 3.05) is 26.7 Å². The van der Waals surface area contributed by atoms with E-state index in [2.05, 4.69) is 28.7 Å². The van der Waals surface area contributed by atoms with Crippen LogP contribution in [-0.4, -0.2) is 37.0 Å². The second kappa shape index (κ2) is 10.5. The van der Waals surface area contributed by atoms with Gasteiger partial charge in [-0.3, -0.25) is 4.79 Å². The van der Waals surface area contributed by atoms with E-state index < -0.39 is 0 Å². The highest BCUT2D eigenvalue weighted by molar-refractivity contribution is 7.97. The van der Waals surface area contributed by atoms with Crippen molar-refractivity contribution in [2.45, 2.75) is 43.9 Å². The van der Waals surface area contributed by atoms with Gasteiger partial charge in [-0.2, -0.15) is 0 Å². The number of hydrogen-bond acceptors (Lipinski definition) is 4. The monoisotopic (exact) mass is 398 g/mol. The third-order valence-corrected chi connectivity index (χ3v) is 6.24. The first-order valence-corrected chi connectivity index (χ1v) is 10.9. The molecule has 0 atom stereocenters. The number of nitrogens with zero attached hydrogens (tertiary/aromatic N) is 1. The van der Waals surface area contributed by atoms with Gasteiger partial charge >= 0.3 is 0 Å². The minimum absolute atomic E-state index is 0.0799. The van der Waals surface area contributed by atoms with Crippen LogP contribution in [0, 0.1) is 6.92 Å². The highest BCUT2D eigenvalue weighted by Crippen LogP contribution is 2.30. The summed E-state index contributed by atoms with van der Waals surface area (Å²) in [5.41, 5.74) is 3.12. The predicted molar refractivity (Wildman–Crippen MR) is 116 cm³/mol. The summed E-state index contributed by atoms with van der Waals surface area (Å²) in [5, 5.41) is 3.05. The molecule has 150 valence electrons. The Morgan fingerprint density at radius 3 is 2.57 bits per heavy atom. The normalized spacial score (nSPS) is 15.1. The summed E-state index contributed by atoms with van der Waals surface area (Å²) in [4.78, 5) is 13.9. The summed E-state index contributed by atoms with van der Waals surface area (Å²) < 4.78 is 7.84. The first kappa shape index (κ1) is 20.7. The lowest BCUT2D eigenvalue weighted by Crippen LogP contribution is -2.26. The van der Waals surface area contributed by atoms with Crippen LogP contribution in [0.3, 0.4) is 0 Å². The lowest BCUT2D eigenvalue weighted by molar-refractivity contribution is 0.0951. The van der Waals surface area contributed by atoms with E-state index in [1.807, 2.05) is 30.3 Å². The van der Waals surface area contributed by atoms with Gasteiger partial charge < -0.3 is 10.1 Å². The van der Waals surface area contributed by atoms with Crippen LogP contribution in [0.1, 0.15) is 47.2 Å². The molecule has 0 spiro atoms. The number of carbonyl (C=O) groups excluding carboxylic acids is 1. The predicted octanol–water partition coefficient (Wildman–Crippen LogP) is 4.86. The molecule has 3 rings (SSSR count). The fourth-order valence-corrected chi connectivity index (χ4v) is 4.54. The maximum absolute atomic E-state index is 12.8. The van der Waals surface area contributed by atoms with E-state index in [0.29, 0.717) is 17.9 Å². The Balaban J connectivity index is 1.63. The highest BCUT2D eigenvalue weighted by Gasteiger charge is 2.16. The van der Waals surface area contributed by atoms with Gasteiger partial charge in [0.25, 0.3) is 5.91 Å². The Hall–Kier alpha value is -1.98. The molecule has 1 amide bonds. The molecular weight excluding hydrogens is 368 g/mol. The summed E-state index contributed by atoms with van der Waals surface area (Å²) in [6.07, 6.45) is 5.94. The zero-order chi connectivity index (χ0) is 19.8. The SMILES string of the molecule is COc1ccc(SN2CCCCCC2)cc1C(=O)NCCc1ccccc1C. The van der Waals surface area contributed by atoms with Crippen LogP contribution in [-0.2, 0) is 6.42 Å². The van der Waals surface area contributed by atoms with Crippen molar-refractivity contribution in [1.82, 2.24) is 9.62 Å². The highest BCUT2D eigenvalue weighted by atomic mass is 32.2. The quantitative estimate of drug-likeness (QED) is 0.677. The number of aryl methyl sites for hydroxylation is 1. The molecule has 1 aliphatic heterocycles. The number of methoxy groups -OCH3 is 1. The van der Waals surface area contributed by atoms with Crippen molar-refractivity contribution in [2.24, 2.45) is 0 Å². The van der Waals surface area contributed by atoms with E-state index in [9.17, 15) is 4.79 Å². The summed E-state index contributed by atoms with van der Waals surface area (Å²) in [5.74, 6) is 0.539. The standard InChI is InChI=1S/C23H30N2O2S/c1-18-9-5-6-10-19(18)13-14-24-23(26)21-17-20(11-12-22(21)27-2)28-25-15-7-3-4-8-16-25/h5-6,9-12,17H,3-4,7-8,13-16H2,1-2H3,(H,24,26). The fourth-order valence-electron chi connectivity index (χ4n) is 3.50. The molecule has 1 N–H and O–H groups in total. The smallest absolute Gasteiger partial charge is 0.255 e. The molecule has 2 aromatic carbocycles. The number of rotatable bonds is 7. The first-order chi connectivity index (χ1) is 13.7. The van der Waals surface area contributed by atoms with E-state index >= 15 is 0 Å². The topological polar surface area (TPSA) is 41.6 Å². The molecule has 0 radical (unpaired) electrons. The number of benzene rings is 2. The van der Waals surface area contributed by atoms with Crippen molar-refractivity contribution in [3.8, 4) is 5.75 Å². The second-order valence-corrected chi connectivity index (χ2v) is 8.40. The van der Waals surface area contributed by atoms with Crippen LogP contribution in [0.25, 0.3) is 0 Å². The summed E-state index contributed by atoms with van der Waals surface area (Å²) in [6, 6.07) is 14.2. The van der Waals surface area contributed by atoms with Gasteiger partial charge in [0.2, 0.25) is 0 Å². The third kappa shape index (κ3) is 5.76. The number of ether oxygens (including phenoxy) is 1. The zero-order valence-electron chi connectivity index (χ0n) is 16.9. The Labute approximate surface area is 172 Å². The molecule has 1 aliphatic rings. The summed E-state index contributed by atoms with van der Waals surface area (Å²) in [6.45, 7) is 4.92. The Bertz CT molecular complexity index is 786. The van der Waals surface area contributed by atoms with Crippen molar-refractivity contribution in [1.29, 1.82) is 0 Å². The van der Waals surface area contributed by atoms with Gasteiger partial charge in [0.1, 0.15) is 5.75 Å². The van der Waals surface area contributed by atoms with Crippen molar-refractivity contribution in [3.05, 3.63) is 59.2 Å². The lowest BCUT2D eigenvalue weighted by Gasteiger charge is -2.19. The van der Waals surface area contributed by atoms with Gasteiger partial charge in [-0.1, -0.05) is 37.1 Å². The summed E-state index contributed by atoms with van der Waals surface area (Å²) >= 11 is 1.75. The van der Waals surface area contributed by atoms with E-state index in [1.165, 1.54) is 36.8 Å². The van der Waals surface area contributed by atoms with Crippen LogP contribution in [0.5, 0.6) is 5.75 Å². The minimum atomic E-state index is -0.0799. The van der Waals surface area contributed by atoms with Gasteiger partial charge in [0, 0.05) is 24.5 Å². The molecule has 0 unspecified atom stereocenters. The number of amides is 1. The molecule has 0 bridgehead atoms. The van der Waals surface area contributed by atoms with Crippen molar-refractivity contribution < 1.29 is 9.53 Å². The number of nitrogens with one attached hydrogen (secondary N) is 1. The number of hydrogen-bond donors (Lipinski definition) is 1. The van der Waals surface area contributed by atoms with Crippen LogP contribution >= 0.6 is 11.9 Å². The van der Waals surface area contributed by atoms with Gasteiger partial charge in [0.05, 0.1) is 12.7 Å². The van der Waals surface area contributed by atoms with Crippen LogP contribution in [0.15, 0.2) is 47.4 Å². The molecule has 0 aliphatic carbocycles. The lowest BCUT2D eigenvalue weighted by atomic mass is 10.1. The zero-order valence-corrected chi connectivity index (χ0v) is 17.7. The fraction of sp³-hybridized carbons (Fsp3) is 0.435. The van der Waals surface area contributed by atoms with Gasteiger partial charge in [-0.25, -0.2) is 4.31 Å². The molecule has 4 nitrogen and oxygen atoms in total.